The van der Waals surface area contributed by atoms with Crippen LogP contribution in [0.25, 0.3) is 22.0 Å². The van der Waals surface area contributed by atoms with Crippen molar-refractivity contribution in [2.45, 2.75) is 0 Å². The molecule has 1 amide bonds. The molecule has 2 N–H and O–H groups in total. The summed E-state index contributed by atoms with van der Waals surface area (Å²) in [5.41, 5.74) is 0.926. The predicted octanol–water partition coefficient (Wildman–Crippen LogP) is 5.67. The quantitative estimate of drug-likeness (QED) is 0.218. The van der Waals surface area contributed by atoms with E-state index < -0.39 is 30.0 Å². The summed E-state index contributed by atoms with van der Waals surface area (Å²) >= 11 is 0. The number of aromatic nitrogens is 2. The van der Waals surface area contributed by atoms with Gasteiger partial charge in [-0.05, 0) is 24.3 Å². The molecule has 1 fully saturated rings. The van der Waals surface area contributed by atoms with E-state index in [1.807, 2.05) is 4.90 Å². The van der Waals surface area contributed by atoms with Crippen LogP contribution in [0.3, 0.4) is 0 Å². The van der Waals surface area contributed by atoms with Gasteiger partial charge in [-0.2, -0.15) is 0 Å². The summed E-state index contributed by atoms with van der Waals surface area (Å²) in [6.45, 7) is 5.28. The number of carbonyl (C=O) groups excluding carboxylic acids is 1. The van der Waals surface area contributed by atoms with E-state index in [1.54, 1.807) is 35.2 Å². The molecule has 40 heavy (non-hydrogen) atoms. The number of nitrogens with zero attached hydrogens (tertiary/aromatic N) is 4. The predicted molar refractivity (Wildman–Crippen MR) is 148 cm³/mol. The standard InChI is InChI=1S/C29H26F4N6O/c1-2-24(40)35-21-8-4-6-19(25(21)31)20-7-3-5-18-17-34-29(37-28(18)20)36-22-9-10-23(27(33)26(22)32)39-15-13-38(12-11-30)14-16-39/h2-10,17H,1,11-16H2,(H,35,40)(H,34,36,37). The number of piperazine rings is 1. The summed E-state index contributed by atoms with van der Waals surface area (Å²) in [5, 5.41) is 5.76. The zero-order valence-corrected chi connectivity index (χ0v) is 21.4. The molecule has 206 valence electrons. The Labute approximate surface area is 228 Å². The second kappa shape index (κ2) is 11.7. The van der Waals surface area contributed by atoms with Gasteiger partial charge in [0.2, 0.25) is 11.9 Å². The summed E-state index contributed by atoms with van der Waals surface area (Å²) in [6.07, 6.45) is 2.54. The molecule has 1 aliphatic heterocycles. The molecule has 0 spiro atoms. The van der Waals surface area contributed by atoms with Gasteiger partial charge in [-0.3, -0.25) is 9.69 Å². The highest BCUT2D eigenvalue weighted by Gasteiger charge is 2.23. The molecule has 1 aliphatic rings. The summed E-state index contributed by atoms with van der Waals surface area (Å²) < 4.78 is 58.2. The van der Waals surface area contributed by atoms with Gasteiger partial charge in [-0.15, -0.1) is 0 Å². The fourth-order valence-corrected chi connectivity index (χ4v) is 4.69. The van der Waals surface area contributed by atoms with Gasteiger partial charge in [-0.25, -0.2) is 27.5 Å². The highest BCUT2D eigenvalue weighted by atomic mass is 19.2. The van der Waals surface area contributed by atoms with Crippen molar-refractivity contribution < 1.29 is 22.4 Å². The third kappa shape index (κ3) is 5.46. The molecule has 4 aromatic rings. The van der Waals surface area contributed by atoms with E-state index in [0.29, 0.717) is 49.2 Å². The Morgan fingerprint density at radius 2 is 1.68 bits per heavy atom. The first-order chi connectivity index (χ1) is 19.4. The van der Waals surface area contributed by atoms with E-state index in [9.17, 15) is 9.18 Å². The number of amides is 1. The zero-order valence-electron chi connectivity index (χ0n) is 21.4. The first-order valence-electron chi connectivity index (χ1n) is 12.7. The minimum Gasteiger partial charge on any atom is -0.367 e. The van der Waals surface area contributed by atoms with E-state index in [1.165, 1.54) is 24.4 Å². The average Bonchev–Trinajstić information content (AvgIpc) is 2.97. The molecule has 0 unspecified atom stereocenters. The zero-order chi connectivity index (χ0) is 28.2. The molecular formula is C29H26F4N6O. The van der Waals surface area contributed by atoms with Crippen molar-refractivity contribution >= 4 is 39.8 Å². The second-order valence-electron chi connectivity index (χ2n) is 9.20. The molecule has 0 aliphatic carbocycles. The van der Waals surface area contributed by atoms with Gasteiger partial charge in [0.1, 0.15) is 6.67 Å². The Balaban J connectivity index is 1.43. The lowest BCUT2D eigenvalue weighted by atomic mass is 10.0. The average molecular weight is 551 g/mol. The van der Waals surface area contributed by atoms with Crippen molar-refractivity contribution in [3.63, 3.8) is 0 Å². The van der Waals surface area contributed by atoms with Crippen molar-refractivity contribution in [2.75, 3.05) is 54.9 Å². The highest BCUT2D eigenvalue weighted by Crippen LogP contribution is 2.34. The van der Waals surface area contributed by atoms with Gasteiger partial charge in [0.05, 0.1) is 22.6 Å². The lowest BCUT2D eigenvalue weighted by molar-refractivity contribution is -0.111. The number of nitrogens with one attached hydrogen (secondary N) is 2. The summed E-state index contributed by atoms with van der Waals surface area (Å²) in [4.78, 5) is 24.1. The molecule has 0 saturated carbocycles. The highest BCUT2D eigenvalue weighted by molar-refractivity contribution is 6.00. The van der Waals surface area contributed by atoms with Crippen LogP contribution in [0, 0.1) is 17.5 Å². The maximum absolute atomic E-state index is 15.4. The van der Waals surface area contributed by atoms with E-state index in [0.717, 1.165) is 6.08 Å². The van der Waals surface area contributed by atoms with Gasteiger partial charge in [0, 0.05) is 55.4 Å². The van der Waals surface area contributed by atoms with Crippen LogP contribution in [-0.4, -0.2) is 60.2 Å². The van der Waals surface area contributed by atoms with Crippen molar-refractivity contribution in [1.29, 1.82) is 0 Å². The molecule has 11 heteroatoms. The van der Waals surface area contributed by atoms with E-state index in [4.69, 9.17) is 0 Å². The van der Waals surface area contributed by atoms with Crippen molar-refractivity contribution in [3.8, 4) is 11.1 Å². The fraction of sp³-hybridized carbons (Fsp3) is 0.207. The Bertz CT molecular complexity index is 1570. The number of carbonyl (C=O) groups is 1. The van der Waals surface area contributed by atoms with Crippen LogP contribution < -0.4 is 15.5 Å². The van der Waals surface area contributed by atoms with Crippen LogP contribution >= 0.6 is 0 Å². The summed E-state index contributed by atoms with van der Waals surface area (Å²) in [6, 6.07) is 12.6. The minimum absolute atomic E-state index is 0.0117. The van der Waals surface area contributed by atoms with Crippen LogP contribution in [0.1, 0.15) is 0 Å². The SMILES string of the molecule is C=CC(=O)Nc1cccc(-c2cccc3cnc(Nc4ccc(N5CCN(CCF)CC5)c(F)c4F)nc23)c1F. The van der Waals surface area contributed by atoms with Crippen molar-refractivity contribution in [2.24, 2.45) is 0 Å². The maximum Gasteiger partial charge on any atom is 0.247 e. The smallest absolute Gasteiger partial charge is 0.247 e. The number of anilines is 4. The Morgan fingerprint density at radius 1 is 0.925 bits per heavy atom. The fourth-order valence-electron chi connectivity index (χ4n) is 4.69. The van der Waals surface area contributed by atoms with Gasteiger partial charge < -0.3 is 15.5 Å². The first kappa shape index (κ1) is 27.1. The van der Waals surface area contributed by atoms with Gasteiger partial charge in [-0.1, -0.05) is 36.9 Å². The van der Waals surface area contributed by atoms with E-state index >= 15 is 13.2 Å². The van der Waals surface area contributed by atoms with Gasteiger partial charge in [0.25, 0.3) is 0 Å². The van der Waals surface area contributed by atoms with E-state index in [2.05, 4.69) is 27.2 Å². The third-order valence-electron chi connectivity index (χ3n) is 6.77. The normalized spacial score (nSPS) is 13.8. The Hall–Kier alpha value is -4.51. The number of hydrogen-bond acceptors (Lipinski definition) is 6. The monoisotopic (exact) mass is 550 g/mol. The first-order valence-corrected chi connectivity index (χ1v) is 12.7. The van der Waals surface area contributed by atoms with Crippen LogP contribution in [0.4, 0.5) is 40.6 Å². The number of rotatable bonds is 8. The van der Waals surface area contributed by atoms with Crippen LogP contribution in [0.2, 0.25) is 0 Å². The molecule has 1 saturated heterocycles. The molecule has 0 bridgehead atoms. The number of fused-ring (bicyclic) bond motifs is 1. The van der Waals surface area contributed by atoms with Gasteiger partial charge >= 0.3 is 0 Å². The number of hydrogen-bond donors (Lipinski definition) is 2. The third-order valence-corrected chi connectivity index (χ3v) is 6.77. The molecule has 0 radical (unpaired) electrons. The molecule has 1 aromatic heterocycles. The largest absolute Gasteiger partial charge is 0.367 e. The molecule has 3 aromatic carbocycles. The molecular weight excluding hydrogens is 524 g/mol. The topological polar surface area (TPSA) is 73.4 Å². The Morgan fingerprint density at radius 3 is 2.42 bits per heavy atom. The van der Waals surface area contributed by atoms with Crippen LogP contribution in [0.15, 0.2) is 67.4 Å². The number of alkyl halides is 1. The number of halogens is 4. The van der Waals surface area contributed by atoms with Crippen molar-refractivity contribution in [3.05, 3.63) is 84.8 Å². The summed E-state index contributed by atoms with van der Waals surface area (Å²) in [7, 11) is 0. The second-order valence-corrected chi connectivity index (χ2v) is 9.20. The van der Waals surface area contributed by atoms with Crippen molar-refractivity contribution in [1.82, 2.24) is 14.9 Å². The lowest BCUT2D eigenvalue weighted by Gasteiger charge is -2.35. The summed E-state index contributed by atoms with van der Waals surface area (Å²) in [5.74, 6) is -3.32. The minimum atomic E-state index is -1.09. The van der Waals surface area contributed by atoms with E-state index in [-0.39, 0.29) is 28.6 Å². The molecule has 2 heterocycles. The van der Waals surface area contributed by atoms with Crippen LogP contribution in [-0.2, 0) is 4.79 Å². The molecule has 5 rings (SSSR count). The van der Waals surface area contributed by atoms with Crippen LogP contribution in [0.5, 0.6) is 0 Å². The number of para-hydroxylation sites is 1. The van der Waals surface area contributed by atoms with Gasteiger partial charge in [0.15, 0.2) is 17.5 Å². The molecule has 7 nitrogen and oxygen atoms in total. The lowest BCUT2D eigenvalue weighted by Crippen LogP contribution is -2.47. The Kier molecular flexibility index (Phi) is 7.92. The number of benzene rings is 3. The molecule has 0 atom stereocenters. The maximum atomic E-state index is 15.4.